The number of alkyl halides is 2. The molecule has 1 saturated heterocycles. The molecule has 3 aromatic rings. The fourth-order valence-corrected chi connectivity index (χ4v) is 5.15. The maximum Gasteiger partial charge on any atom is 0.280 e. The van der Waals surface area contributed by atoms with E-state index in [9.17, 15) is 22.0 Å². The van der Waals surface area contributed by atoms with Gasteiger partial charge in [0.05, 0.1) is 6.33 Å². The fraction of sp³-hybridized carbons (Fsp3) is 0.421. The second kappa shape index (κ2) is 8.23. The number of piperidine rings is 1. The molecule has 0 atom stereocenters. The van der Waals surface area contributed by atoms with E-state index in [-0.39, 0.29) is 11.7 Å². The quantitative estimate of drug-likeness (QED) is 0.587. The molecule has 30 heavy (non-hydrogen) atoms. The topological polar surface area (TPSA) is 98.3 Å². The lowest BCUT2D eigenvalue weighted by atomic mass is 9.98. The molecule has 0 N–H and O–H groups in total. The van der Waals surface area contributed by atoms with E-state index < -0.39 is 27.7 Å². The van der Waals surface area contributed by atoms with Gasteiger partial charge < -0.3 is 4.52 Å². The molecule has 2 aromatic heterocycles. The van der Waals surface area contributed by atoms with Crippen molar-refractivity contribution in [2.45, 2.75) is 31.6 Å². The maximum atomic E-state index is 12.8. The van der Waals surface area contributed by atoms with Crippen molar-refractivity contribution in [3.63, 3.8) is 0 Å². The Bertz CT molecular complexity index is 1200. The molecule has 0 aliphatic carbocycles. The van der Waals surface area contributed by atoms with Crippen molar-refractivity contribution in [3.8, 4) is 0 Å². The van der Waals surface area contributed by atoms with E-state index in [1.807, 2.05) is 0 Å². The van der Waals surface area contributed by atoms with Crippen LogP contribution in [-0.2, 0) is 22.3 Å². The Labute approximate surface area is 171 Å². The normalized spacial score (nSPS) is 16.5. The zero-order valence-corrected chi connectivity index (χ0v) is 16.8. The van der Waals surface area contributed by atoms with Gasteiger partial charge in [-0.25, -0.2) is 26.5 Å². The Morgan fingerprint density at radius 1 is 1.20 bits per heavy atom. The van der Waals surface area contributed by atoms with Crippen LogP contribution < -0.4 is 5.56 Å². The number of aromatic nitrogens is 3. The molecule has 3 heterocycles. The number of rotatable bonds is 6. The van der Waals surface area contributed by atoms with Gasteiger partial charge in [-0.05, 0) is 30.9 Å². The summed E-state index contributed by atoms with van der Waals surface area (Å²) >= 11 is 0. The number of benzene rings is 1. The third kappa shape index (κ3) is 4.26. The van der Waals surface area contributed by atoms with Gasteiger partial charge in [0.1, 0.15) is 17.1 Å². The SMILES string of the molecule is O=c1cc(C(F)F)ncn1CC1CCN(S(=O)(=O)Cc2noc3ccccc23)CC1. The molecule has 0 amide bonds. The van der Waals surface area contributed by atoms with Crippen LogP contribution in [0.2, 0.25) is 0 Å². The summed E-state index contributed by atoms with van der Waals surface area (Å²) in [6, 6.07) is 7.93. The van der Waals surface area contributed by atoms with Gasteiger partial charge in [0, 0.05) is 31.1 Å². The van der Waals surface area contributed by atoms with Gasteiger partial charge in [0.2, 0.25) is 10.0 Å². The van der Waals surface area contributed by atoms with Crippen molar-refractivity contribution in [1.29, 1.82) is 0 Å². The average molecular weight is 438 g/mol. The van der Waals surface area contributed by atoms with Crippen LogP contribution in [0.25, 0.3) is 11.0 Å². The summed E-state index contributed by atoms with van der Waals surface area (Å²) in [7, 11) is -3.57. The highest BCUT2D eigenvalue weighted by atomic mass is 32.2. The Balaban J connectivity index is 1.38. The van der Waals surface area contributed by atoms with Crippen molar-refractivity contribution in [2.75, 3.05) is 13.1 Å². The molecule has 1 aliphatic heterocycles. The molecule has 8 nitrogen and oxygen atoms in total. The number of nitrogens with zero attached hydrogens (tertiary/aromatic N) is 4. The summed E-state index contributed by atoms with van der Waals surface area (Å²) in [4.78, 5) is 15.6. The van der Waals surface area contributed by atoms with Crippen molar-refractivity contribution in [3.05, 3.63) is 58.4 Å². The first-order valence-corrected chi connectivity index (χ1v) is 11.1. The Morgan fingerprint density at radius 3 is 2.63 bits per heavy atom. The van der Waals surface area contributed by atoms with Crippen molar-refractivity contribution in [1.82, 2.24) is 19.0 Å². The molecule has 11 heteroatoms. The zero-order chi connectivity index (χ0) is 21.3. The van der Waals surface area contributed by atoms with Crippen LogP contribution in [0.1, 0.15) is 30.7 Å². The highest BCUT2D eigenvalue weighted by Crippen LogP contribution is 2.25. The van der Waals surface area contributed by atoms with Gasteiger partial charge in [-0.15, -0.1) is 0 Å². The van der Waals surface area contributed by atoms with Crippen LogP contribution in [0.3, 0.4) is 0 Å². The summed E-state index contributed by atoms with van der Waals surface area (Å²) in [6.45, 7) is 0.956. The molecule has 0 unspecified atom stereocenters. The molecular formula is C19H20F2N4O4S. The molecule has 160 valence electrons. The summed E-state index contributed by atoms with van der Waals surface area (Å²) in [5.41, 5.74) is -0.159. The highest BCUT2D eigenvalue weighted by Gasteiger charge is 2.30. The van der Waals surface area contributed by atoms with Crippen molar-refractivity contribution >= 4 is 21.0 Å². The number of fused-ring (bicyclic) bond motifs is 1. The largest absolute Gasteiger partial charge is 0.356 e. The van der Waals surface area contributed by atoms with E-state index in [4.69, 9.17) is 4.52 Å². The summed E-state index contributed by atoms with van der Waals surface area (Å²) in [6.07, 6.45) is -0.547. The minimum atomic E-state index is -3.57. The van der Waals surface area contributed by atoms with Crippen LogP contribution in [0, 0.1) is 5.92 Å². The maximum absolute atomic E-state index is 12.8. The lowest BCUT2D eigenvalue weighted by Crippen LogP contribution is -2.40. The summed E-state index contributed by atoms with van der Waals surface area (Å²) in [5, 5.41) is 4.57. The predicted octanol–water partition coefficient (Wildman–Crippen LogP) is 2.56. The third-order valence-electron chi connectivity index (χ3n) is 5.32. The van der Waals surface area contributed by atoms with Gasteiger partial charge in [-0.3, -0.25) is 9.36 Å². The van der Waals surface area contributed by atoms with E-state index in [1.165, 1.54) is 8.87 Å². The molecule has 1 aromatic carbocycles. The molecule has 0 saturated carbocycles. The number of halogens is 2. The first kappa shape index (κ1) is 20.6. The first-order chi connectivity index (χ1) is 14.3. The van der Waals surface area contributed by atoms with Crippen LogP contribution in [0.5, 0.6) is 0 Å². The second-order valence-corrected chi connectivity index (χ2v) is 9.30. The van der Waals surface area contributed by atoms with Gasteiger partial charge in [0.15, 0.2) is 5.58 Å². The summed E-state index contributed by atoms with van der Waals surface area (Å²) < 4.78 is 58.8. The molecule has 0 spiro atoms. The number of hydrogen-bond donors (Lipinski definition) is 0. The molecule has 0 bridgehead atoms. The standard InChI is InChI=1S/C19H20F2N4O4S/c20-19(21)15-9-18(26)24(12-22-15)10-13-5-7-25(8-6-13)30(27,28)11-16-14-3-1-2-4-17(14)29-23-16/h1-4,9,12-13,19H,5-8,10-11H2. The van der Waals surface area contributed by atoms with Gasteiger partial charge in [-0.2, -0.15) is 0 Å². The van der Waals surface area contributed by atoms with Gasteiger partial charge in [-0.1, -0.05) is 17.3 Å². The Kier molecular flexibility index (Phi) is 5.65. The molecule has 4 rings (SSSR count). The predicted molar refractivity (Wildman–Crippen MR) is 104 cm³/mol. The van der Waals surface area contributed by atoms with E-state index >= 15 is 0 Å². The summed E-state index contributed by atoms with van der Waals surface area (Å²) in [5.74, 6) is -0.186. The molecule has 1 aliphatic rings. The minimum Gasteiger partial charge on any atom is -0.356 e. The fourth-order valence-electron chi connectivity index (χ4n) is 3.65. The van der Waals surface area contributed by atoms with Crippen LogP contribution in [0.4, 0.5) is 8.78 Å². The average Bonchev–Trinajstić information content (AvgIpc) is 3.12. The lowest BCUT2D eigenvalue weighted by molar-refractivity contribution is 0.145. The molecular weight excluding hydrogens is 418 g/mol. The van der Waals surface area contributed by atoms with E-state index in [0.717, 1.165) is 12.4 Å². The first-order valence-electron chi connectivity index (χ1n) is 9.49. The van der Waals surface area contributed by atoms with E-state index in [2.05, 4.69) is 10.1 Å². The minimum absolute atomic E-state index is 0.0567. The second-order valence-electron chi connectivity index (χ2n) is 7.33. The van der Waals surface area contributed by atoms with Crippen LogP contribution in [-0.4, -0.2) is 40.5 Å². The van der Waals surface area contributed by atoms with Gasteiger partial charge >= 0.3 is 0 Å². The number of para-hydroxylation sites is 1. The van der Waals surface area contributed by atoms with E-state index in [0.29, 0.717) is 49.1 Å². The zero-order valence-electron chi connectivity index (χ0n) is 15.9. The van der Waals surface area contributed by atoms with Crippen molar-refractivity contribution < 1.29 is 21.7 Å². The lowest BCUT2D eigenvalue weighted by Gasteiger charge is -2.31. The van der Waals surface area contributed by atoms with Gasteiger partial charge in [0.25, 0.3) is 12.0 Å². The smallest absolute Gasteiger partial charge is 0.280 e. The third-order valence-corrected chi connectivity index (χ3v) is 7.11. The Hall–Kier alpha value is -2.66. The number of sulfonamides is 1. The van der Waals surface area contributed by atoms with Crippen LogP contribution >= 0.6 is 0 Å². The van der Waals surface area contributed by atoms with E-state index in [1.54, 1.807) is 24.3 Å². The monoisotopic (exact) mass is 438 g/mol. The number of hydrogen-bond acceptors (Lipinski definition) is 6. The van der Waals surface area contributed by atoms with Crippen LogP contribution in [0.15, 0.2) is 46.0 Å². The highest BCUT2D eigenvalue weighted by molar-refractivity contribution is 7.88. The Morgan fingerprint density at radius 2 is 1.93 bits per heavy atom. The van der Waals surface area contributed by atoms with Crippen molar-refractivity contribution in [2.24, 2.45) is 5.92 Å². The molecule has 0 radical (unpaired) electrons. The molecule has 1 fully saturated rings.